The van der Waals surface area contributed by atoms with Gasteiger partial charge in [0.25, 0.3) is 0 Å². The van der Waals surface area contributed by atoms with Crippen molar-refractivity contribution in [2.24, 2.45) is 5.92 Å². The standard InChI is InChI=1S/C17H26N2OS/c1-19-12-3-4-13(19)10-15(9-12)21-14-5-6-16-11(8-14)2-7-17(20)18-16/h6,11-15H,2-5,7-10H2,1H3,(H,18,20). The summed E-state index contributed by atoms with van der Waals surface area (Å²) >= 11 is 2.26. The fourth-order valence-electron chi connectivity index (χ4n) is 4.78. The molecule has 3 saturated heterocycles. The van der Waals surface area contributed by atoms with E-state index >= 15 is 0 Å². The molecule has 2 bridgehead atoms. The van der Waals surface area contributed by atoms with Crippen LogP contribution in [-0.4, -0.2) is 40.4 Å². The molecule has 0 aromatic rings. The maximum Gasteiger partial charge on any atom is 0.224 e. The summed E-state index contributed by atoms with van der Waals surface area (Å²) in [5, 5.41) is 4.73. The summed E-state index contributed by atoms with van der Waals surface area (Å²) in [4.78, 5) is 14.1. The summed E-state index contributed by atoms with van der Waals surface area (Å²) in [6, 6.07) is 1.70. The number of allylic oxidation sites excluding steroid dienone is 2. The molecule has 0 spiro atoms. The molecule has 4 rings (SSSR count). The van der Waals surface area contributed by atoms with Gasteiger partial charge in [0.15, 0.2) is 0 Å². The van der Waals surface area contributed by atoms with Crippen LogP contribution >= 0.6 is 11.8 Å². The first kappa shape index (κ1) is 14.1. The van der Waals surface area contributed by atoms with Gasteiger partial charge in [0, 0.05) is 40.6 Å². The van der Waals surface area contributed by atoms with E-state index in [4.69, 9.17) is 0 Å². The second kappa shape index (κ2) is 5.62. The van der Waals surface area contributed by atoms with E-state index in [1.165, 1.54) is 37.8 Å². The van der Waals surface area contributed by atoms with E-state index in [1.807, 2.05) is 0 Å². The topological polar surface area (TPSA) is 32.3 Å². The summed E-state index contributed by atoms with van der Waals surface area (Å²) < 4.78 is 0. The summed E-state index contributed by atoms with van der Waals surface area (Å²) in [5.41, 5.74) is 1.23. The van der Waals surface area contributed by atoms with Crippen LogP contribution in [0.1, 0.15) is 51.4 Å². The minimum absolute atomic E-state index is 0.218. The van der Waals surface area contributed by atoms with Gasteiger partial charge in [0.05, 0.1) is 0 Å². The van der Waals surface area contributed by atoms with Crippen LogP contribution in [-0.2, 0) is 4.79 Å². The van der Waals surface area contributed by atoms with E-state index in [9.17, 15) is 4.79 Å². The monoisotopic (exact) mass is 306 g/mol. The van der Waals surface area contributed by atoms with Gasteiger partial charge in [0.1, 0.15) is 0 Å². The highest BCUT2D eigenvalue weighted by atomic mass is 32.2. The first-order valence-electron chi connectivity index (χ1n) is 8.56. The van der Waals surface area contributed by atoms with Crippen LogP contribution in [0.3, 0.4) is 0 Å². The van der Waals surface area contributed by atoms with Crippen molar-refractivity contribution in [3.63, 3.8) is 0 Å². The molecule has 4 unspecified atom stereocenters. The van der Waals surface area contributed by atoms with Crippen molar-refractivity contribution in [1.29, 1.82) is 0 Å². The number of piperidine rings is 2. The van der Waals surface area contributed by atoms with Gasteiger partial charge in [-0.15, -0.1) is 0 Å². The smallest absolute Gasteiger partial charge is 0.224 e. The van der Waals surface area contributed by atoms with Gasteiger partial charge in [-0.25, -0.2) is 0 Å². The molecule has 4 aliphatic rings. The lowest BCUT2D eigenvalue weighted by molar-refractivity contribution is -0.121. The molecular formula is C17H26N2OS. The number of hydrogen-bond donors (Lipinski definition) is 1. The second-order valence-electron chi connectivity index (χ2n) is 7.32. The first-order valence-corrected chi connectivity index (χ1v) is 9.50. The Morgan fingerprint density at radius 1 is 1.14 bits per heavy atom. The average Bonchev–Trinajstić information content (AvgIpc) is 2.70. The maximum absolute atomic E-state index is 11.5. The molecule has 1 aliphatic carbocycles. The predicted octanol–water partition coefficient (Wildman–Crippen LogP) is 2.92. The highest BCUT2D eigenvalue weighted by Gasteiger charge is 2.40. The molecule has 3 aliphatic heterocycles. The number of hydrogen-bond acceptors (Lipinski definition) is 3. The van der Waals surface area contributed by atoms with Crippen LogP contribution in [0, 0.1) is 5.92 Å². The third-order valence-corrected chi connectivity index (χ3v) is 7.57. The Morgan fingerprint density at radius 3 is 2.67 bits per heavy atom. The Labute approximate surface area is 131 Å². The number of carbonyl (C=O) groups excluding carboxylic acids is 1. The molecule has 21 heavy (non-hydrogen) atoms. The molecule has 0 aromatic carbocycles. The Kier molecular flexibility index (Phi) is 3.78. The van der Waals surface area contributed by atoms with Crippen molar-refractivity contribution in [3.05, 3.63) is 11.8 Å². The second-order valence-corrected chi connectivity index (χ2v) is 8.92. The molecule has 1 amide bonds. The van der Waals surface area contributed by atoms with Gasteiger partial charge in [-0.05, 0) is 52.0 Å². The predicted molar refractivity (Wildman–Crippen MR) is 87.2 cm³/mol. The van der Waals surface area contributed by atoms with Gasteiger partial charge in [-0.1, -0.05) is 6.08 Å². The third-order valence-electron chi connectivity index (χ3n) is 6.03. The number of thioether (sulfide) groups is 1. The highest BCUT2D eigenvalue weighted by Crippen LogP contribution is 2.44. The van der Waals surface area contributed by atoms with E-state index in [2.05, 4.69) is 35.1 Å². The Morgan fingerprint density at radius 2 is 1.90 bits per heavy atom. The zero-order chi connectivity index (χ0) is 14.4. The Bertz CT molecular complexity index is 450. The summed E-state index contributed by atoms with van der Waals surface area (Å²) in [5.74, 6) is 0.840. The Hall–Kier alpha value is -0.480. The molecule has 0 radical (unpaired) electrons. The molecule has 1 N–H and O–H groups in total. The minimum atomic E-state index is 0.218. The molecule has 4 atom stereocenters. The zero-order valence-corrected chi connectivity index (χ0v) is 13.7. The van der Waals surface area contributed by atoms with Gasteiger partial charge in [-0.3, -0.25) is 4.79 Å². The van der Waals surface area contributed by atoms with Crippen LogP contribution in [0.25, 0.3) is 0 Å². The minimum Gasteiger partial charge on any atom is -0.330 e. The van der Waals surface area contributed by atoms with Crippen LogP contribution in [0.2, 0.25) is 0 Å². The lowest BCUT2D eigenvalue weighted by Crippen LogP contribution is -2.42. The average molecular weight is 306 g/mol. The normalized spacial score (nSPS) is 43.2. The van der Waals surface area contributed by atoms with E-state index in [-0.39, 0.29) is 5.91 Å². The molecular weight excluding hydrogens is 280 g/mol. The SMILES string of the molecule is CN1C2CCC1CC(SC1CC=C3NC(=O)CCC3C1)C2. The van der Waals surface area contributed by atoms with Gasteiger partial charge in [-0.2, -0.15) is 11.8 Å². The van der Waals surface area contributed by atoms with Crippen molar-refractivity contribution in [3.8, 4) is 0 Å². The molecule has 4 heteroatoms. The molecule has 0 aromatic heterocycles. The van der Waals surface area contributed by atoms with Crippen molar-refractivity contribution >= 4 is 17.7 Å². The number of nitrogens with one attached hydrogen (secondary N) is 1. The number of nitrogens with zero attached hydrogens (tertiary/aromatic N) is 1. The zero-order valence-electron chi connectivity index (χ0n) is 12.9. The molecule has 3 fully saturated rings. The van der Waals surface area contributed by atoms with E-state index in [1.54, 1.807) is 0 Å². The van der Waals surface area contributed by atoms with Crippen LogP contribution in [0.15, 0.2) is 11.8 Å². The van der Waals surface area contributed by atoms with E-state index in [0.717, 1.165) is 41.8 Å². The maximum atomic E-state index is 11.5. The molecule has 3 heterocycles. The van der Waals surface area contributed by atoms with Crippen LogP contribution in [0.4, 0.5) is 0 Å². The van der Waals surface area contributed by atoms with Crippen molar-refractivity contribution in [2.75, 3.05) is 7.05 Å². The Balaban J connectivity index is 1.35. The number of amides is 1. The van der Waals surface area contributed by atoms with Crippen LogP contribution < -0.4 is 5.32 Å². The fraction of sp³-hybridized carbons (Fsp3) is 0.824. The summed E-state index contributed by atoms with van der Waals surface area (Å²) in [6.45, 7) is 0. The molecule has 116 valence electrons. The number of carbonyl (C=O) groups is 1. The lowest BCUT2D eigenvalue weighted by Gasteiger charge is -2.39. The highest BCUT2D eigenvalue weighted by molar-refractivity contribution is 8.00. The number of fused-ring (bicyclic) bond motifs is 3. The first-order chi connectivity index (χ1) is 10.2. The quantitative estimate of drug-likeness (QED) is 0.851. The van der Waals surface area contributed by atoms with Gasteiger partial charge in [0.2, 0.25) is 5.91 Å². The van der Waals surface area contributed by atoms with E-state index < -0.39 is 0 Å². The van der Waals surface area contributed by atoms with Crippen molar-refractivity contribution < 1.29 is 4.79 Å². The van der Waals surface area contributed by atoms with Crippen molar-refractivity contribution in [1.82, 2.24) is 10.2 Å². The third kappa shape index (κ3) is 2.77. The summed E-state index contributed by atoms with van der Waals surface area (Å²) in [7, 11) is 2.32. The lowest BCUT2D eigenvalue weighted by atomic mass is 9.85. The van der Waals surface area contributed by atoms with Crippen LogP contribution in [0.5, 0.6) is 0 Å². The number of rotatable bonds is 2. The summed E-state index contributed by atoms with van der Waals surface area (Å²) in [6.07, 6.45) is 12.1. The van der Waals surface area contributed by atoms with E-state index in [0.29, 0.717) is 5.92 Å². The fourth-order valence-corrected chi connectivity index (χ4v) is 6.54. The molecule has 0 saturated carbocycles. The van der Waals surface area contributed by atoms with Gasteiger partial charge < -0.3 is 10.2 Å². The largest absolute Gasteiger partial charge is 0.330 e. The van der Waals surface area contributed by atoms with Crippen molar-refractivity contribution in [2.45, 2.75) is 74.0 Å². The van der Waals surface area contributed by atoms with Gasteiger partial charge >= 0.3 is 0 Å². The molecule has 3 nitrogen and oxygen atoms in total.